The number of hydrogen-bond acceptors (Lipinski definition) is 5. The van der Waals surface area contributed by atoms with Gasteiger partial charge in [-0.3, -0.25) is 5.10 Å². The van der Waals surface area contributed by atoms with E-state index in [4.69, 9.17) is 5.73 Å². The number of H-pyrrole nitrogens is 1. The average molecular weight is 204 g/mol. The monoisotopic (exact) mass is 204 g/mol. The van der Waals surface area contributed by atoms with Crippen molar-refractivity contribution < 1.29 is 0 Å². The molecule has 2 heterocycles. The molecule has 0 amide bonds. The third kappa shape index (κ3) is 1.74. The molecule has 0 atom stereocenters. The zero-order valence-electron chi connectivity index (χ0n) is 8.57. The van der Waals surface area contributed by atoms with Gasteiger partial charge in [-0.2, -0.15) is 10.1 Å². The van der Waals surface area contributed by atoms with Crippen molar-refractivity contribution in [3.05, 3.63) is 18.0 Å². The van der Waals surface area contributed by atoms with Crippen molar-refractivity contribution in [1.82, 2.24) is 20.2 Å². The van der Waals surface area contributed by atoms with Crippen LogP contribution in [0.2, 0.25) is 0 Å². The van der Waals surface area contributed by atoms with E-state index in [0.717, 1.165) is 17.0 Å². The van der Waals surface area contributed by atoms with Gasteiger partial charge in [0.2, 0.25) is 5.95 Å². The maximum absolute atomic E-state index is 5.60. The van der Waals surface area contributed by atoms with Gasteiger partial charge in [0.1, 0.15) is 5.82 Å². The Kier molecular flexibility index (Phi) is 2.24. The summed E-state index contributed by atoms with van der Waals surface area (Å²) in [6.07, 6.45) is 1.79. The number of nitrogens with zero attached hydrogens (tertiary/aromatic N) is 3. The number of nitrogens with one attached hydrogen (secondary N) is 2. The van der Waals surface area contributed by atoms with E-state index in [-0.39, 0.29) is 5.95 Å². The van der Waals surface area contributed by atoms with E-state index in [9.17, 15) is 0 Å². The van der Waals surface area contributed by atoms with Crippen molar-refractivity contribution in [3.8, 4) is 11.3 Å². The van der Waals surface area contributed by atoms with Crippen molar-refractivity contribution in [1.29, 1.82) is 0 Å². The zero-order valence-corrected chi connectivity index (χ0v) is 8.57. The summed E-state index contributed by atoms with van der Waals surface area (Å²) in [6, 6.07) is 1.83. The molecule has 6 heteroatoms. The van der Waals surface area contributed by atoms with E-state index in [2.05, 4.69) is 25.5 Å². The highest BCUT2D eigenvalue weighted by Crippen LogP contribution is 2.21. The zero-order chi connectivity index (χ0) is 10.8. The Morgan fingerprint density at radius 3 is 2.80 bits per heavy atom. The Hall–Kier alpha value is -2.11. The van der Waals surface area contributed by atoms with Crippen LogP contribution in [-0.4, -0.2) is 27.2 Å². The Morgan fingerprint density at radius 1 is 1.40 bits per heavy atom. The lowest BCUT2D eigenvalue weighted by Crippen LogP contribution is -2.01. The van der Waals surface area contributed by atoms with Crippen molar-refractivity contribution in [2.24, 2.45) is 0 Å². The number of nitrogens with two attached hydrogens (primary N) is 1. The van der Waals surface area contributed by atoms with Crippen molar-refractivity contribution >= 4 is 11.8 Å². The fraction of sp³-hybridized carbons (Fsp3) is 0.222. The first-order valence-electron chi connectivity index (χ1n) is 4.54. The lowest BCUT2D eigenvalue weighted by molar-refractivity contribution is 1.05. The van der Waals surface area contributed by atoms with Crippen molar-refractivity contribution in [3.63, 3.8) is 0 Å². The van der Waals surface area contributed by atoms with Crippen LogP contribution in [0.5, 0.6) is 0 Å². The van der Waals surface area contributed by atoms with Crippen molar-refractivity contribution in [2.75, 3.05) is 18.1 Å². The molecule has 0 aliphatic heterocycles. The average Bonchev–Trinajstić information content (AvgIpc) is 2.63. The second kappa shape index (κ2) is 3.56. The summed E-state index contributed by atoms with van der Waals surface area (Å²) in [5.74, 6) is 0.940. The third-order valence-electron chi connectivity index (χ3n) is 2.11. The summed E-state index contributed by atoms with van der Waals surface area (Å²) in [6.45, 7) is 1.91. The van der Waals surface area contributed by atoms with E-state index < -0.39 is 0 Å². The van der Waals surface area contributed by atoms with Crippen LogP contribution in [0.4, 0.5) is 11.8 Å². The lowest BCUT2D eigenvalue weighted by atomic mass is 10.2. The number of hydrogen-bond donors (Lipinski definition) is 3. The molecule has 0 radical (unpaired) electrons. The minimum atomic E-state index is 0.248. The molecular formula is C9H12N6. The summed E-state index contributed by atoms with van der Waals surface area (Å²) in [5, 5.41) is 9.74. The number of aromatic nitrogens is 4. The van der Waals surface area contributed by atoms with Gasteiger partial charge >= 0.3 is 0 Å². The molecule has 2 aromatic heterocycles. The normalized spacial score (nSPS) is 10.3. The first kappa shape index (κ1) is 9.45. The van der Waals surface area contributed by atoms with Gasteiger partial charge in [0.15, 0.2) is 0 Å². The van der Waals surface area contributed by atoms with Gasteiger partial charge in [0, 0.05) is 24.9 Å². The highest BCUT2D eigenvalue weighted by molar-refractivity contribution is 5.65. The molecule has 15 heavy (non-hydrogen) atoms. The fourth-order valence-electron chi connectivity index (χ4n) is 1.35. The molecule has 0 fully saturated rings. The van der Waals surface area contributed by atoms with Crippen LogP contribution in [0, 0.1) is 6.92 Å². The van der Waals surface area contributed by atoms with Gasteiger partial charge in [-0.15, -0.1) is 0 Å². The molecule has 0 bridgehead atoms. The highest BCUT2D eigenvalue weighted by Gasteiger charge is 2.08. The number of aromatic amines is 1. The minimum Gasteiger partial charge on any atom is -0.373 e. The molecular weight excluding hydrogens is 192 g/mol. The maximum Gasteiger partial charge on any atom is 0.222 e. The van der Waals surface area contributed by atoms with Crippen LogP contribution in [0.15, 0.2) is 12.3 Å². The van der Waals surface area contributed by atoms with Crippen LogP contribution < -0.4 is 11.1 Å². The standard InChI is InChI=1S/C9H12N6/c1-5-6(4-12-15-5)7-3-8(11-2)14-9(10)13-7/h3-4H,1-2H3,(H,12,15)(H3,10,11,13,14). The number of aryl methyl sites for hydroxylation is 1. The van der Waals surface area contributed by atoms with E-state index in [0.29, 0.717) is 5.82 Å². The SMILES string of the molecule is CNc1cc(-c2c[nH]nc2C)nc(N)n1. The highest BCUT2D eigenvalue weighted by atomic mass is 15.1. The smallest absolute Gasteiger partial charge is 0.222 e. The Labute approximate surface area is 86.9 Å². The number of anilines is 2. The molecule has 0 saturated heterocycles. The summed E-state index contributed by atoms with van der Waals surface area (Å²) < 4.78 is 0. The van der Waals surface area contributed by atoms with Crippen LogP contribution in [0.3, 0.4) is 0 Å². The fourth-order valence-corrected chi connectivity index (χ4v) is 1.35. The number of rotatable bonds is 2. The van der Waals surface area contributed by atoms with E-state index in [1.807, 2.05) is 13.0 Å². The maximum atomic E-state index is 5.60. The molecule has 0 spiro atoms. The van der Waals surface area contributed by atoms with E-state index >= 15 is 0 Å². The quantitative estimate of drug-likeness (QED) is 0.672. The first-order chi connectivity index (χ1) is 7.20. The van der Waals surface area contributed by atoms with Crippen molar-refractivity contribution in [2.45, 2.75) is 6.92 Å². The molecule has 0 aliphatic rings. The molecule has 0 aliphatic carbocycles. The topological polar surface area (TPSA) is 92.5 Å². The largest absolute Gasteiger partial charge is 0.373 e. The minimum absolute atomic E-state index is 0.248. The molecule has 0 saturated carbocycles. The third-order valence-corrected chi connectivity index (χ3v) is 2.11. The lowest BCUT2D eigenvalue weighted by Gasteiger charge is -2.03. The summed E-state index contributed by atoms with van der Waals surface area (Å²) in [7, 11) is 1.79. The molecule has 0 unspecified atom stereocenters. The van der Waals surface area contributed by atoms with Crippen LogP contribution in [0.25, 0.3) is 11.3 Å². The predicted octanol–water partition coefficient (Wildman–Crippen LogP) is 0.799. The molecule has 4 N–H and O–H groups in total. The van der Waals surface area contributed by atoms with Gasteiger partial charge in [-0.05, 0) is 6.92 Å². The summed E-state index contributed by atoms with van der Waals surface area (Å²) in [5.41, 5.74) is 8.18. The summed E-state index contributed by atoms with van der Waals surface area (Å²) in [4.78, 5) is 8.17. The van der Waals surface area contributed by atoms with Gasteiger partial charge in [0.25, 0.3) is 0 Å². The predicted molar refractivity (Wildman–Crippen MR) is 58.3 cm³/mol. The second-order valence-electron chi connectivity index (χ2n) is 3.13. The number of nitrogen functional groups attached to an aromatic ring is 1. The summed E-state index contributed by atoms with van der Waals surface area (Å²) >= 11 is 0. The van der Waals surface area contributed by atoms with Gasteiger partial charge in [-0.1, -0.05) is 0 Å². The first-order valence-corrected chi connectivity index (χ1v) is 4.54. The molecule has 0 aromatic carbocycles. The molecule has 78 valence electrons. The van der Waals surface area contributed by atoms with E-state index in [1.165, 1.54) is 0 Å². The van der Waals surface area contributed by atoms with Crippen LogP contribution in [-0.2, 0) is 0 Å². The Bertz CT molecular complexity index is 475. The molecule has 6 nitrogen and oxygen atoms in total. The van der Waals surface area contributed by atoms with Crippen LogP contribution >= 0.6 is 0 Å². The van der Waals surface area contributed by atoms with Crippen LogP contribution in [0.1, 0.15) is 5.69 Å². The Morgan fingerprint density at radius 2 is 2.20 bits per heavy atom. The van der Waals surface area contributed by atoms with E-state index in [1.54, 1.807) is 13.2 Å². The second-order valence-corrected chi connectivity index (χ2v) is 3.13. The molecule has 2 aromatic rings. The van der Waals surface area contributed by atoms with Gasteiger partial charge in [-0.25, -0.2) is 4.98 Å². The van der Waals surface area contributed by atoms with Gasteiger partial charge < -0.3 is 11.1 Å². The molecule has 2 rings (SSSR count). The van der Waals surface area contributed by atoms with Gasteiger partial charge in [0.05, 0.1) is 11.4 Å². The Balaban J connectivity index is 2.53.